The van der Waals surface area contributed by atoms with Crippen LogP contribution in [0.5, 0.6) is 0 Å². The lowest BCUT2D eigenvalue weighted by atomic mass is 10.2. The zero-order chi connectivity index (χ0) is 11.5. The summed E-state index contributed by atoms with van der Waals surface area (Å²) in [5.41, 5.74) is 1.06. The van der Waals surface area contributed by atoms with Gasteiger partial charge in [0.2, 0.25) is 0 Å². The normalized spacial score (nSPS) is 12.4. The van der Waals surface area contributed by atoms with Crippen molar-refractivity contribution in [2.24, 2.45) is 0 Å². The summed E-state index contributed by atoms with van der Waals surface area (Å²) in [5, 5.41) is 17.0. The number of pyridine rings is 1. The summed E-state index contributed by atoms with van der Waals surface area (Å²) in [5.74, 6) is 1.43. The minimum Gasteiger partial charge on any atom is -0.360 e. The maximum Gasteiger partial charge on any atom is 0.196 e. The lowest BCUT2D eigenvalue weighted by Gasteiger charge is -2.12. The van der Waals surface area contributed by atoms with Crippen LogP contribution >= 0.6 is 15.9 Å². The number of rotatable bonds is 3. The number of aryl methyl sites for hydroxylation is 1. The Morgan fingerprint density at radius 2 is 2.31 bits per heavy atom. The van der Waals surface area contributed by atoms with Crippen molar-refractivity contribution in [2.75, 3.05) is 5.32 Å². The van der Waals surface area contributed by atoms with Gasteiger partial charge in [-0.05, 0) is 41.4 Å². The molecule has 6 nitrogen and oxygen atoms in total. The number of aromatic amines is 1. The number of tetrazole rings is 1. The molecule has 0 aliphatic carbocycles. The standard InChI is InChI=1S/C9H11BrN6/c1-5-3-7(10)4-11-8(5)12-6(2)9-13-15-16-14-9/h3-4,6H,1-2H3,(H,11,12)(H,13,14,15,16). The molecule has 2 N–H and O–H groups in total. The Morgan fingerprint density at radius 1 is 1.50 bits per heavy atom. The lowest BCUT2D eigenvalue weighted by Crippen LogP contribution is -2.10. The van der Waals surface area contributed by atoms with E-state index in [1.54, 1.807) is 6.20 Å². The highest BCUT2D eigenvalue weighted by Gasteiger charge is 2.11. The molecule has 0 saturated heterocycles. The van der Waals surface area contributed by atoms with E-state index >= 15 is 0 Å². The van der Waals surface area contributed by atoms with Gasteiger partial charge in [-0.15, -0.1) is 10.2 Å². The van der Waals surface area contributed by atoms with Gasteiger partial charge in [-0.1, -0.05) is 5.21 Å². The predicted molar refractivity (Wildman–Crippen MR) is 62.9 cm³/mol. The highest BCUT2D eigenvalue weighted by Crippen LogP contribution is 2.20. The molecule has 0 bridgehead atoms. The van der Waals surface area contributed by atoms with Gasteiger partial charge in [0.25, 0.3) is 0 Å². The molecule has 84 valence electrons. The lowest BCUT2D eigenvalue weighted by molar-refractivity contribution is 0.786. The summed E-state index contributed by atoms with van der Waals surface area (Å²) in [7, 11) is 0. The van der Waals surface area contributed by atoms with Crippen molar-refractivity contribution in [3.8, 4) is 0 Å². The highest BCUT2D eigenvalue weighted by molar-refractivity contribution is 9.10. The number of hydrogen-bond donors (Lipinski definition) is 2. The van der Waals surface area contributed by atoms with Crippen LogP contribution in [0.15, 0.2) is 16.7 Å². The van der Waals surface area contributed by atoms with Crippen LogP contribution in [0, 0.1) is 6.92 Å². The van der Waals surface area contributed by atoms with Gasteiger partial charge in [-0.3, -0.25) is 0 Å². The van der Waals surface area contributed by atoms with Crippen molar-refractivity contribution >= 4 is 21.7 Å². The average Bonchev–Trinajstić information content (AvgIpc) is 2.75. The van der Waals surface area contributed by atoms with Crippen LogP contribution in [0.2, 0.25) is 0 Å². The first-order chi connectivity index (χ1) is 7.66. The van der Waals surface area contributed by atoms with Crippen molar-refractivity contribution in [1.82, 2.24) is 25.6 Å². The molecule has 0 spiro atoms. The topological polar surface area (TPSA) is 79.4 Å². The Kier molecular flexibility index (Phi) is 3.14. The van der Waals surface area contributed by atoms with Crippen LogP contribution in [-0.2, 0) is 0 Å². The van der Waals surface area contributed by atoms with Crippen molar-refractivity contribution in [1.29, 1.82) is 0 Å². The molecule has 2 aromatic heterocycles. The number of anilines is 1. The second-order valence-corrected chi connectivity index (χ2v) is 4.37. The third kappa shape index (κ3) is 2.35. The highest BCUT2D eigenvalue weighted by atomic mass is 79.9. The molecule has 1 atom stereocenters. The van der Waals surface area contributed by atoms with Crippen LogP contribution in [0.1, 0.15) is 24.4 Å². The monoisotopic (exact) mass is 282 g/mol. The van der Waals surface area contributed by atoms with Gasteiger partial charge in [0.1, 0.15) is 5.82 Å². The summed E-state index contributed by atoms with van der Waals surface area (Å²) in [4.78, 5) is 4.28. The van der Waals surface area contributed by atoms with Gasteiger partial charge in [-0.2, -0.15) is 5.21 Å². The van der Waals surface area contributed by atoms with E-state index in [-0.39, 0.29) is 6.04 Å². The number of halogens is 1. The fraction of sp³-hybridized carbons (Fsp3) is 0.333. The summed E-state index contributed by atoms with van der Waals surface area (Å²) in [6.07, 6.45) is 1.75. The van der Waals surface area contributed by atoms with E-state index in [0.717, 1.165) is 15.9 Å². The first-order valence-corrected chi connectivity index (χ1v) is 5.58. The van der Waals surface area contributed by atoms with E-state index in [1.807, 2.05) is 19.9 Å². The van der Waals surface area contributed by atoms with Gasteiger partial charge in [0, 0.05) is 10.7 Å². The van der Waals surface area contributed by atoms with E-state index in [2.05, 4.69) is 46.9 Å². The van der Waals surface area contributed by atoms with Crippen LogP contribution in [-0.4, -0.2) is 25.6 Å². The molecule has 0 aliphatic heterocycles. The third-order valence-corrected chi connectivity index (χ3v) is 2.58. The van der Waals surface area contributed by atoms with E-state index in [4.69, 9.17) is 0 Å². The molecule has 0 aliphatic rings. The fourth-order valence-electron chi connectivity index (χ4n) is 1.31. The number of aromatic nitrogens is 5. The molecule has 2 rings (SSSR count). The molecule has 2 heterocycles. The minimum absolute atomic E-state index is 0.0360. The van der Waals surface area contributed by atoms with Crippen LogP contribution in [0.4, 0.5) is 5.82 Å². The second-order valence-electron chi connectivity index (χ2n) is 3.46. The van der Waals surface area contributed by atoms with E-state index in [1.165, 1.54) is 0 Å². The number of hydrogen-bond acceptors (Lipinski definition) is 5. The van der Waals surface area contributed by atoms with Crippen molar-refractivity contribution < 1.29 is 0 Å². The Bertz CT molecular complexity index is 469. The van der Waals surface area contributed by atoms with Crippen LogP contribution in [0.3, 0.4) is 0 Å². The molecule has 0 saturated carbocycles. The number of nitrogens with one attached hydrogen (secondary N) is 2. The van der Waals surface area contributed by atoms with E-state index < -0.39 is 0 Å². The van der Waals surface area contributed by atoms with Crippen LogP contribution < -0.4 is 5.32 Å². The summed E-state index contributed by atoms with van der Waals surface area (Å²) < 4.78 is 0.961. The molecule has 2 aromatic rings. The quantitative estimate of drug-likeness (QED) is 0.898. The maximum absolute atomic E-state index is 4.28. The summed E-state index contributed by atoms with van der Waals surface area (Å²) in [6.45, 7) is 3.94. The Balaban J connectivity index is 2.15. The molecular formula is C9H11BrN6. The zero-order valence-electron chi connectivity index (χ0n) is 8.90. The predicted octanol–water partition coefficient (Wildman–Crippen LogP) is 1.84. The largest absolute Gasteiger partial charge is 0.360 e. The summed E-state index contributed by atoms with van der Waals surface area (Å²) >= 11 is 3.37. The van der Waals surface area contributed by atoms with Crippen LogP contribution in [0.25, 0.3) is 0 Å². The first kappa shape index (κ1) is 11.0. The Hall–Kier alpha value is -1.50. The Labute approximate surface area is 101 Å². The zero-order valence-corrected chi connectivity index (χ0v) is 10.5. The van der Waals surface area contributed by atoms with Crippen molar-refractivity contribution in [3.05, 3.63) is 28.1 Å². The molecule has 0 amide bonds. The van der Waals surface area contributed by atoms with Gasteiger partial charge in [-0.25, -0.2) is 4.98 Å². The first-order valence-electron chi connectivity index (χ1n) is 4.79. The molecule has 0 fully saturated rings. The molecule has 0 radical (unpaired) electrons. The van der Waals surface area contributed by atoms with Crippen molar-refractivity contribution in [3.63, 3.8) is 0 Å². The molecule has 0 aromatic carbocycles. The van der Waals surface area contributed by atoms with E-state index in [0.29, 0.717) is 5.82 Å². The van der Waals surface area contributed by atoms with E-state index in [9.17, 15) is 0 Å². The number of nitrogens with zero attached hydrogens (tertiary/aromatic N) is 4. The molecule has 7 heteroatoms. The summed E-state index contributed by atoms with van der Waals surface area (Å²) in [6, 6.07) is 1.96. The molecular weight excluding hydrogens is 272 g/mol. The smallest absolute Gasteiger partial charge is 0.196 e. The Morgan fingerprint density at radius 3 is 2.94 bits per heavy atom. The average molecular weight is 283 g/mol. The van der Waals surface area contributed by atoms with Crippen molar-refractivity contribution in [2.45, 2.75) is 19.9 Å². The maximum atomic E-state index is 4.28. The van der Waals surface area contributed by atoms with Gasteiger partial charge >= 0.3 is 0 Å². The van der Waals surface area contributed by atoms with Gasteiger partial charge < -0.3 is 5.32 Å². The third-order valence-electron chi connectivity index (χ3n) is 2.15. The molecule has 16 heavy (non-hydrogen) atoms. The SMILES string of the molecule is Cc1cc(Br)cnc1NC(C)c1nn[nH]n1. The van der Waals surface area contributed by atoms with Gasteiger partial charge in [0.05, 0.1) is 6.04 Å². The van der Waals surface area contributed by atoms with Gasteiger partial charge in [0.15, 0.2) is 5.82 Å². The molecule has 1 unspecified atom stereocenters. The minimum atomic E-state index is -0.0360. The number of H-pyrrole nitrogens is 1. The fourth-order valence-corrected chi connectivity index (χ4v) is 1.76. The second kappa shape index (κ2) is 4.56.